The Morgan fingerprint density at radius 3 is 2.89 bits per heavy atom. The normalized spacial score (nSPS) is 20.2. The van der Waals surface area contributed by atoms with E-state index in [0.717, 1.165) is 5.56 Å². The van der Waals surface area contributed by atoms with Crippen molar-refractivity contribution in [2.45, 2.75) is 30.5 Å². The van der Waals surface area contributed by atoms with Gasteiger partial charge in [0.25, 0.3) is 10.0 Å². The summed E-state index contributed by atoms with van der Waals surface area (Å²) < 4.78 is 53.6. The van der Waals surface area contributed by atoms with Gasteiger partial charge in [-0.05, 0) is 49.7 Å². The summed E-state index contributed by atoms with van der Waals surface area (Å²) in [6.07, 6.45) is 0.249. The lowest BCUT2D eigenvalue weighted by Crippen LogP contribution is -2.44. The van der Waals surface area contributed by atoms with Crippen LogP contribution in [0.2, 0.25) is 0 Å². The molecular weight excluding hydrogens is 383 g/mol. The van der Waals surface area contributed by atoms with Gasteiger partial charge in [0.15, 0.2) is 11.3 Å². The van der Waals surface area contributed by atoms with Gasteiger partial charge in [0.05, 0.1) is 16.8 Å². The van der Waals surface area contributed by atoms with Crippen molar-refractivity contribution >= 4 is 26.7 Å². The number of furan rings is 1. The molecule has 8 heteroatoms. The molecule has 2 atom stereocenters. The minimum atomic E-state index is -3.77. The molecule has 1 aliphatic rings. The number of rotatable bonds is 5. The van der Waals surface area contributed by atoms with Crippen molar-refractivity contribution in [3.8, 4) is 5.75 Å². The molecule has 3 aromatic rings. The molecule has 0 spiro atoms. The molecule has 4 rings (SSSR count). The van der Waals surface area contributed by atoms with E-state index in [9.17, 15) is 12.8 Å². The lowest BCUT2D eigenvalue weighted by Gasteiger charge is -2.27. The van der Waals surface area contributed by atoms with E-state index in [-0.39, 0.29) is 11.4 Å². The maximum atomic E-state index is 14.2. The van der Waals surface area contributed by atoms with Gasteiger partial charge in [-0.25, -0.2) is 12.8 Å². The average Bonchev–Trinajstić information content (AvgIpc) is 3.12. The molecule has 28 heavy (non-hydrogen) atoms. The largest absolute Gasteiger partial charge is 0.483 e. The van der Waals surface area contributed by atoms with Crippen molar-refractivity contribution in [2.75, 3.05) is 17.8 Å². The second-order valence-electron chi connectivity index (χ2n) is 6.90. The molecule has 0 amide bonds. The number of piperidine rings is 1. The van der Waals surface area contributed by atoms with E-state index in [2.05, 4.69) is 10.0 Å². The number of hydrogen-bond acceptors (Lipinski definition) is 5. The summed E-state index contributed by atoms with van der Waals surface area (Å²) in [5.74, 6) is 0.319. The van der Waals surface area contributed by atoms with Gasteiger partial charge in [0.1, 0.15) is 12.3 Å². The highest BCUT2D eigenvalue weighted by molar-refractivity contribution is 7.92. The number of halogens is 1. The van der Waals surface area contributed by atoms with Gasteiger partial charge in [-0.2, -0.15) is 0 Å². The van der Waals surface area contributed by atoms with E-state index in [0.29, 0.717) is 35.4 Å². The van der Waals surface area contributed by atoms with Crippen LogP contribution >= 0.6 is 0 Å². The number of sulfonamides is 1. The maximum absolute atomic E-state index is 14.2. The summed E-state index contributed by atoms with van der Waals surface area (Å²) in [6.45, 7) is 2.71. The molecular formula is C20H21FN2O4S. The number of nitrogens with one attached hydrogen (secondary N) is 2. The van der Waals surface area contributed by atoms with E-state index >= 15 is 0 Å². The van der Waals surface area contributed by atoms with Crippen molar-refractivity contribution in [1.82, 2.24) is 5.32 Å². The van der Waals surface area contributed by atoms with Gasteiger partial charge in [0, 0.05) is 18.0 Å². The molecule has 2 heterocycles. The van der Waals surface area contributed by atoms with Crippen molar-refractivity contribution < 1.29 is 22.0 Å². The van der Waals surface area contributed by atoms with Gasteiger partial charge < -0.3 is 14.5 Å². The SMILES string of the molecule is Cc1cccc(S(=O)(=O)Nc2cc(O[C@H]3CCNC[C@@H]3F)c3occc3c2)c1. The van der Waals surface area contributed by atoms with Crippen molar-refractivity contribution in [3.63, 3.8) is 0 Å². The van der Waals surface area contributed by atoms with E-state index in [1.807, 2.05) is 13.0 Å². The second kappa shape index (κ2) is 7.44. The molecule has 0 saturated carbocycles. The van der Waals surface area contributed by atoms with Crippen LogP contribution in [0.5, 0.6) is 5.75 Å². The van der Waals surface area contributed by atoms with E-state index in [4.69, 9.17) is 9.15 Å². The molecule has 6 nitrogen and oxygen atoms in total. The first-order valence-electron chi connectivity index (χ1n) is 9.04. The van der Waals surface area contributed by atoms with Crippen LogP contribution in [0.3, 0.4) is 0 Å². The Balaban J connectivity index is 1.66. The second-order valence-corrected chi connectivity index (χ2v) is 8.58. The first-order valence-corrected chi connectivity index (χ1v) is 10.5. The molecule has 0 aliphatic carbocycles. The monoisotopic (exact) mass is 404 g/mol. The molecule has 2 N–H and O–H groups in total. The van der Waals surface area contributed by atoms with Crippen LogP contribution in [0, 0.1) is 6.92 Å². The predicted octanol–water partition coefficient (Wildman–Crippen LogP) is 3.62. The Bertz CT molecular complexity index is 1100. The Hall–Kier alpha value is -2.58. The third-order valence-corrected chi connectivity index (χ3v) is 6.07. The van der Waals surface area contributed by atoms with Crippen LogP contribution in [0.25, 0.3) is 11.0 Å². The van der Waals surface area contributed by atoms with Gasteiger partial charge in [-0.15, -0.1) is 0 Å². The molecule has 0 radical (unpaired) electrons. The molecule has 1 fully saturated rings. The summed E-state index contributed by atoms with van der Waals surface area (Å²) in [7, 11) is -3.77. The summed E-state index contributed by atoms with van der Waals surface area (Å²) in [5, 5.41) is 3.65. The lowest BCUT2D eigenvalue weighted by molar-refractivity contribution is 0.0736. The van der Waals surface area contributed by atoms with Gasteiger partial charge >= 0.3 is 0 Å². The standard InChI is InChI=1S/C20H21FN2O4S/c1-13-3-2-4-16(9-13)28(24,25)23-15-10-14-6-8-26-20(14)19(11-15)27-18-5-7-22-12-17(18)21/h2-4,6,8-11,17-18,22-23H,5,7,12H2,1H3/t17-,18-/m0/s1. The van der Waals surface area contributed by atoms with Crippen molar-refractivity contribution in [1.29, 1.82) is 0 Å². The number of ether oxygens (including phenoxy) is 1. The highest BCUT2D eigenvalue weighted by Crippen LogP contribution is 2.33. The number of aryl methyl sites for hydroxylation is 1. The zero-order valence-electron chi connectivity index (χ0n) is 15.3. The number of anilines is 1. The molecule has 1 aliphatic heterocycles. The molecule has 1 aromatic heterocycles. The topological polar surface area (TPSA) is 80.6 Å². The summed E-state index contributed by atoms with van der Waals surface area (Å²) >= 11 is 0. The van der Waals surface area contributed by atoms with E-state index in [1.165, 1.54) is 18.4 Å². The molecule has 1 saturated heterocycles. The first-order chi connectivity index (χ1) is 13.4. The summed E-state index contributed by atoms with van der Waals surface area (Å²) in [6, 6.07) is 11.6. The van der Waals surface area contributed by atoms with Crippen LogP contribution in [-0.4, -0.2) is 33.8 Å². The van der Waals surface area contributed by atoms with Crippen LogP contribution in [0.1, 0.15) is 12.0 Å². The fraction of sp³-hybridized carbons (Fsp3) is 0.300. The minimum Gasteiger partial charge on any atom is -0.483 e. The molecule has 2 aromatic carbocycles. The van der Waals surface area contributed by atoms with Crippen molar-refractivity contribution in [3.05, 3.63) is 54.3 Å². The number of benzene rings is 2. The third-order valence-electron chi connectivity index (χ3n) is 4.70. The number of hydrogen-bond donors (Lipinski definition) is 2. The fourth-order valence-corrected chi connectivity index (χ4v) is 4.43. The zero-order chi connectivity index (χ0) is 19.7. The first kappa shape index (κ1) is 18.8. The van der Waals surface area contributed by atoms with Crippen LogP contribution in [-0.2, 0) is 10.0 Å². The molecule has 148 valence electrons. The van der Waals surface area contributed by atoms with E-state index in [1.54, 1.807) is 24.3 Å². The van der Waals surface area contributed by atoms with E-state index < -0.39 is 22.3 Å². The summed E-state index contributed by atoms with van der Waals surface area (Å²) in [4.78, 5) is 0.171. The average molecular weight is 404 g/mol. The Kier molecular flexibility index (Phi) is 4.99. The van der Waals surface area contributed by atoms with Crippen LogP contribution in [0.15, 0.2) is 58.0 Å². The maximum Gasteiger partial charge on any atom is 0.261 e. The summed E-state index contributed by atoms with van der Waals surface area (Å²) in [5.41, 5.74) is 1.64. The quantitative estimate of drug-likeness (QED) is 0.679. The fourth-order valence-electron chi connectivity index (χ4n) is 3.28. The smallest absolute Gasteiger partial charge is 0.261 e. The zero-order valence-corrected chi connectivity index (χ0v) is 16.1. The Morgan fingerprint density at radius 2 is 2.11 bits per heavy atom. The van der Waals surface area contributed by atoms with Gasteiger partial charge in [0.2, 0.25) is 0 Å². The van der Waals surface area contributed by atoms with Crippen LogP contribution in [0.4, 0.5) is 10.1 Å². The minimum absolute atomic E-state index is 0.171. The molecule has 0 bridgehead atoms. The highest BCUT2D eigenvalue weighted by atomic mass is 32.2. The number of alkyl halides is 1. The predicted molar refractivity (Wildman–Crippen MR) is 105 cm³/mol. The Morgan fingerprint density at radius 1 is 1.25 bits per heavy atom. The lowest BCUT2D eigenvalue weighted by atomic mass is 10.1. The Labute approximate surface area is 162 Å². The number of fused-ring (bicyclic) bond motifs is 1. The van der Waals surface area contributed by atoms with Crippen LogP contribution < -0.4 is 14.8 Å². The van der Waals surface area contributed by atoms with Gasteiger partial charge in [-0.1, -0.05) is 12.1 Å². The molecule has 0 unspecified atom stereocenters. The van der Waals surface area contributed by atoms with Gasteiger partial charge in [-0.3, -0.25) is 4.72 Å². The highest BCUT2D eigenvalue weighted by Gasteiger charge is 2.27. The van der Waals surface area contributed by atoms with Crippen molar-refractivity contribution in [2.24, 2.45) is 0 Å². The third kappa shape index (κ3) is 3.83.